The van der Waals surface area contributed by atoms with E-state index in [9.17, 15) is 9.59 Å². The number of hydrogen-bond acceptors (Lipinski definition) is 4. The second-order valence-electron chi connectivity index (χ2n) is 13.2. The molecule has 2 heterocycles. The molecule has 1 aliphatic rings. The fraction of sp³-hybridized carbons (Fsp3) is 0.421. The van der Waals surface area contributed by atoms with Crippen LogP contribution in [0, 0.1) is 6.92 Å². The Morgan fingerprint density at radius 2 is 1.72 bits per heavy atom. The number of fused-ring (bicyclic) bond motifs is 1. The normalized spacial score (nSPS) is 15.3. The molecule has 0 bridgehead atoms. The van der Waals surface area contributed by atoms with E-state index in [0.717, 1.165) is 47.8 Å². The fourth-order valence-electron chi connectivity index (χ4n) is 6.48. The number of H-pyrrole nitrogens is 1. The molecular formula is C38H49N5O3. The monoisotopic (exact) mass is 623 g/mol. The van der Waals surface area contributed by atoms with Crippen molar-refractivity contribution >= 4 is 28.5 Å². The Balaban J connectivity index is 1.39. The average Bonchev–Trinajstić information content (AvgIpc) is 3.47. The van der Waals surface area contributed by atoms with Gasteiger partial charge in [0, 0.05) is 42.7 Å². The number of nitrogens with one attached hydrogen (secondary N) is 3. The lowest BCUT2D eigenvalue weighted by Gasteiger charge is -2.34. The number of para-hydroxylation sites is 1. The Bertz CT molecular complexity index is 1640. The van der Waals surface area contributed by atoms with E-state index in [1.807, 2.05) is 88.4 Å². The number of ether oxygens (including phenoxy) is 1. The number of aromatic nitrogens is 1. The van der Waals surface area contributed by atoms with E-state index in [1.54, 1.807) is 0 Å². The molecule has 3 N–H and O–H groups in total. The Morgan fingerprint density at radius 1 is 1.00 bits per heavy atom. The number of rotatable bonds is 11. The first-order valence-electron chi connectivity index (χ1n) is 16.5. The SMILES string of the molecule is Cc1ccccc1C1CCN(C(=O)N[C@@H](C(=O)Nc2cc(CCN(C)C)ccc2OC(C)C)[C@@H](C)c2c[nH]c3ccccc23)CC1. The number of aromatic amines is 1. The molecule has 0 unspecified atom stereocenters. The summed E-state index contributed by atoms with van der Waals surface area (Å²) >= 11 is 0. The highest BCUT2D eigenvalue weighted by atomic mass is 16.5. The Morgan fingerprint density at radius 3 is 2.43 bits per heavy atom. The van der Waals surface area contributed by atoms with Crippen molar-refractivity contribution in [2.45, 2.75) is 70.9 Å². The molecule has 1 aliphatic heterocycles. The summed E-state index contributed by atoms with van der Waals surface area (Å²) in [7, 11) is 4.09. The van der Waals surface area contributed by atoms with Crippen LogP contribution in [-0.2, 0) is 11.2 Å². The lowest BCUT2D eigenvalue weighted by atomic mass is 9.87. The fourth-order valence-corrected chi connectivity index (χ4v) is 6.48. The van der Waals surface area contributed by atoms with Crippen molar-refractivity contribution in [3.63, 3.8) is 0 Å². The van der Waals surface area contributed by atoms with Gasteiger partial charge in [-0.15, -0.1) is 0 Å². The largest absolute Gasteiger partial charge is 0.489 e. The summed E-state index contributed by atoms with van der Waals surface area (Å²) in [6.07, 6.45) is 4.50. The van der Waals surface area contributed by atoms with Gasteiger partial charge in [0.15, 0.2) is 0 Å². The Hall–Kier alpha value is -4.30. The van der Waals surface area contributed by atoms with Gasteiger partial charge in [-0.1, -0.05) is 55.5 Å². The maximum Gasteiger partial charge on any atom is 0.318 e. The van der Waals surface area contributed by atoms with E-state index >= 15 is 0 Å². The van der Waals surface area contributed by atoms with Crippen molar-refractivity contribution in [1.82, 2.24) is 20.1 Å². The molecular weight excluding hydrogens is 574 g/mol. The summed E-state index contributed by atoms with van der Waals surface area (Å²) in [5.74, 6) is 0.448. The minimum atomic E-state index is -0.821. The van der Waals surface area contributed by atoms with Gasteiger partial charge in [-0.25, -0.2) is 4.79 Å². The maximum absolute atomic E-state index is 14.3. The van der Waals surface area contributed by atoms with Gasteiger partial charge in [-0.05, 0) is 100 Å². The van der Waals surface area contributed by atoms with Crippen LogP contribution in [0.4, 0.5) is 10.5 Å². The van der Waals surface area contributed by atoms with E-state index in [4.69, 9.17) is 4.74 Å². The van der Waals surface area contributed by atoms with Crippen LogP contribution in [0.15, 0.2) is 72.9 Å². The van der Waals surface area contributed by atoms with E-state index in [-0.39, 0.29) is 24.0 Å². The molecule has 8 heteroatoms. The Labute approximate surface area is 273 Å². The summed E-state index contributed by atoms with van der Waals surface area (Å²) in [6.45, 7) is 10.3. The van der Waals surface area contributed by atoms with E-state index in [2.05, 4.69) is 51.7 Å². The number of piperidine rings is 1. The van der Waals surface area contributed by atoms with Crippen molar-refractivity contribution in [3.8, 4) is 5.75 Å². The highest BCUT2D eigenvalue weighted by molar-refractivity contribution is 5.99. The molecule has 0 saturated carbocycles. The van der Waals surface area contributed by atoms with Crippen molar-refractivity contribution in [3.05, 3.63) is 95.2 Å². The molecule has 0 aliphatic carbocycles. The molecule has 5 rings (SSSR count). The van der Waals surface area contributed by atoms with Crippen LogP contribution < -0.4 is 15.4 Å². The highest BCUT2D eigenvalue weighted by Gasteiger charge is 2.33. The first-order valence-corrected chi connectivity index (χ1v) is 16.5. The zero-order valence-corrected chi connectivity index (χ0v) is 28.1. The molecule has 3 amide bonds. The first kappa shape index (κ1) is 33.1. The van der Waals surface area contributed by atoms with Crippen molar-refractivity contribution in [1.29, 1.82) is 0 Å². The molecule has 4 aromatic rings. The predicted octanol–water partition coefficient (Wildman–Crippen LogP) is 7.07. The number of likely N-dealkylation sites (N-methyl/N-ethyl adjacent to an activating group) is 1. The van der Waals surface area contributed by atoms with Crippen LogP contribution in [0.2, 0.25) is 0 Å². The van der Waals surface area contributed by atoms with Gasteiger partial charge in [0.1, 0.15) is 11.8 Å². The summed E-state index contributed by atoms with van der Waals surface area (Å²) in [5.41, 5.74) is 6.34. The second kappa shape index (κ2) is 14.9. The molecule has 46 heavy (non-hydrogen) atoms. The minimum absolute atomic E-state index is 0.0634. The number of aryl methyl sites for hydroxylation is 1. The van der Waals surface area contributed by atoms with Crippen molar-refractivity contribution < 1.29 is 14.3 Å². The number of hydrogen-bond donors (Lipinski definition) is 3. The molecule has 244 valence electrons. The summed E-state index contributed by atoms with van der Waals surface area (Å²) in [4.78, 5) is 35.4. The van der Waals surface area contributed by atoms with Gasteiger partial charge in [0.05, 0.1) is 11.8 Å². The predicted molar refractivity (Wildman–Crippen MR) is 187 cm³/mol. The van der Waals surface area contributed by atoms with E-state index in [1.165, 1.54) is 11.1 Å². The smallest absolute Gasteiger partial charge is 0.318 e. The van der Waals surface area contributed by atoms with Gasteiger partial charge in [-0.3, -0.25) is 4.79 Å². The van der Waals surface area contributed by atoms with Gasteiger partial charge >= 0.3 is 6.03 Å². The van der Waals surface area contributed by atoms with Crippen LogP contribution in [0.1, 0.15) is 67.7 Å². The number of urea groups is 1. The highest BCUT2D eigenvalue weighted by Crippen LogP contribution is 2.33. The number of nitrogens with zero attached hydrogens (tertiary/aromatic N) is 2. The number of carbonyl (C=O) groups excluding carboxylic acids is 2. The quantitative estimate of drug-likeness (QED) is 0.167. The third-order valence-corrected chi connectivity index (χ3v) is 9.10. The van der Waals surface area contributed by atoms with Crippen LogP contribution in [0.5, 0.6) is 5.75 Å². The Kier molecular flexibility index (Phi) is 10.7. The average molecular weight is 624 g/mol. The zero-order valence-electron chi connectivity index (χ0n) is 28.1. The number of benzene rings is 3. The molecule has 3 aromatic carbocycles. The lowest BCUT2D eigenvalue weighted by molar-refractivity contribution is -0.118. The lowest BCUT2D eigenvalue weighted by Crippen LogP contribution is -2.53. The summed E-state index contributed by atoms with van der Waals surface area (Å²) in [6, 6.07) is 21.5. The molecule has 1 aromatic heterocycles. The van der Waals surface area contributed by atoms with Crippen molar-refractivity contribution in [2.75, 3.05) is 39.0 Å². The van der Waals surface area contributed by atoms with E-state index < -0.39 is 6.04 Å². The molecule has 1 saturated heterocycles. The van der Waals surface area contributed by atoms with Crippen LogP contribution in [-0.4, -0.2) is 72.6 Å². The summed E-state index contributed by atoms with van der Waals surface area (Å²) < 4.78 is 6.10. The second-order valence-corrected chi connectivity index (χ2v) is 13.2. The zero-order chi connectivity index (χ0) is 32.8. The standard InChI is InChI=1S/C38H49N5O3/c1-25(2)46-35-16-15-28(17-20-42(5)6)23-34(35)40-37(44)36(27(4)32-24-39-33-14-10-9-13-31(32)33)41-38(45)43-21-18-29(19-22-43)30-12-8-7-11-26(30)3/h7-16,23-25,27,29,36,39H,17-22H2,1-6H3,(H,40,44)(H,41,45)/t27-,36+/m0/s1. The minimum Gasteiger partial charge on any atom is -0.489 e. The third kappa shape index (κ3) is 7.91. The molecule has 2 atom stereocenters. The first-order chi connectivity index (χ1) is 22.1. The van der Waals surface area contributed by atoms with Gasteiger partial charge in [0.2, 0.25) is 5.91 Å². The topological polar surface area (TPSA) is 89.7 Å². The van der Waals surface area contributed by atoms with E-state index in [0.29, 0.717) is 30.4 Å². The van der Waals surface area contributed by atoms with Gasteiger partial charge in [0.25, 0.3) is 0 Å². The summed E-state index contributed by atoms with van der Waals surface area (Å²) in [5, 5.41) is 7.35. The molecule has 0 spiro atoms. The van der Waals surface area contributed by atoms with Crippen LogP contribution in [0.25, 0.3) is 10.9 Å². The van der Waals surface area contributed by atoms with Crippen molar-refractivity contribution in [2.24, 2.45) is 0 Å². The van der Waals surface area contributed by atoms with Crippen LogP contribution >= 0.6 is 0 Å². The molecule has 8 nitrogen and oxygen atoms in total. The van der Waals surface area contributed by atoms with Crippen LogP contribution in [0.3, 0.4) is 0 Å². The van der Waals surface area contributed by atoms with Gasteiger partial charge < -0.3 is 30.2 Å². The number of likely N-dealkylation sites (tertiary alicyclic amines) is 1. The molecule has 0 radical (unpaired) electrons. The third-order valence-electron chi connectivity index (χ3n) is 9.10. The number of carbonyl (C=O) groups is 2. The molecule has 1 fully saturated rings. The number of anilines is 1. The number of amides is 3. The van der Waals surface area contributed by atoms with Gasteiger partial charge in [-0.2, -0.15) is 0 Å². The maximum atomic E-state index is 14.3.